The summed E-state index contributed by atoms with van der Waals surface area (Å²) in [6.45, 7) is 15.2. The average molecular weight is 471 g/mol. The topological polar surface area (TPSA) is 36.3 Å². The van der Waals surface area contributed by atoms with E-state index >= 15 is 0 Å². The highest BCUT2D eigenvalue weighted by Gasteiger charge is 2.15. The lowest BCUT2D eigenvalue weighted by molar-refractivity contribution is 0.280. The number of hydrogen-bond donors (Lipinski definition) is 0. The van der Waals surface area contributed by atoms with Crippen molar-refractivity contribution in [3.05, 3.63) is 89.7 Å². The van der Waals surface area contributed by atoms with Crippen LogP contribution in [0.25, 0.3) is 11.0 Å². The van der Waals surface area contributed by atoms with Crippen molar-refractivity contribution in [2.45, 2.75) is 71.9 Å². The van der Waals surface area contributed by atoms with E-state index in [0.717, 1.165) is 41.3 Å². The van der Waals surface area contributed by atoms with Crippen LogP contribution in [0.5, 0.6) is 11.5 Å². The van der Waals surface area contributed by atoms with E-state index in [9.17, 15) is 0 Å². The number of aromatic nitrogens is 2. The molecule has 0 radical (unpaired) electrons. The molecule has 3 aromatic carbocycles. The fraction of sp³-hybridized carbons (Fsp3) is 0.387. The highest BCUT2D eigenvalue weighted by Crippen LogP contribution is 2.26. The predicted octanol–water partition coefficient (Wildman–Crippen LogP) is 7.68. The molecule has 0 bridgehead atoms. The molecule has 0 saturated heterocycles. The van der Waals surface area contributed by atoms with E-state index in [1.807, 2.05) is 18.2 Å². The van der Waals surface area contributed by atoms with Gasteiger partial charge in [-0.2, -0.15) is 0 Å². The fourth-order valence-electron chi connectivity index (χ4n) is 4.15. The van der Waals surface area contributed by atoms with Crippen LogP contribution in [-0.2, 0) is 24.0 Å². The first kappa shape index (κ1) is 24.8. The van der Waals surface area contributed by atoms with Crippen LogP contribution in [0.3, 0.4) is 0 Å². The van der Waals surface area contributed by atoms with Gasteiger partial charge in [0, 0.05) is 6.54 Å². The summed E-state index contributed by atoms with van der Waals surface area (Å²) in [5.41, 5.74) is 5.01. The van der Waals surface area contributed by atoms with Gasteiger partial charge in [0.15, 0.2) is 0 Å². The Bertz CT molecular complexity index is 1240. The van der Waals surface area contributed by atoms with Crippen molar-refractivity contribution in [1.29, 1.82) is 0 Å². The second-order valence-electron chi connectivity index (χ2n) is 11.2. The summed E-state index contributed by atoms with van der Waals surface area (Å²) in [6.07, 6.45) is 0.884. The maximum absolute atomic E-state index is 6.13. The lowest BCUT2D eigenvalue weighted by Crippen LogP contribution is -2.12. The number of nitrogens with zero attached hydrogens (tertiary/aromatic N) is 2. The Morgan fingerprint density at radius 3 is 1.80 bits per heavy atom. The molecular formula is C31H38N2O2. The summed E-state index contributed by atoms with van der Waals surface area (Å²) in [5, 5.41) is 0. The Morgan fingerprint density at radius 2 is 1.23 bits per heavy atom. The Morgan fingerprint density at radius 1 is 0.686 bits per heavy atom. The number of benzene rings is 3. The molecule has 0 N–H and O–H groups in total. The standard InChI is InChI=1S/C31H38N2O2/c1-30(2,3)23-12-16-25(17-13-23)34-21-9-20-33-28-11-8-7-10-27(28)32-29(33)22-35-26-18-14-24(15-19-26)31(4,5)6/h7-8,10-19H,9,20-22H2,1-6H3. The van der Waals surface area contributed by atoms with E-state index in [1.165, 1.54) is 11.1 Å². The van der Waals surface area contributed by atoms with Gasteiger partial charge in [0.25, 0.3) is 0 Å². The number of fused-ring (bicyclic) bond motifs is 1. The van der Waals surface area contributed by atoms with Gasteiger partial charge in [0.2, 0.25) is 0 Å². The monoisotopic (exact) mass is 470 g/mol. The average Bonchev–Trinajstić information content (AvgIpc) is 3.17. The highest BCUT2D eigenvalue weighted by atomic mass is 16.5. The molecule has 0 spiro atoms. The summed E-state index contributed by atoms with van der Waals surface area (Å²) in [7, 11) is 0. The Kier molecular flexibility index (Phi) is 7.20. The van der Waals surface area contributed by atoms with Gasteiger partial charge in [0.05, 0.1) is 17.6 Å². The van der Waals surface area contributed by atoms with Crippen LogP contribution in [0.4, 0.5) is 0 Å². The summed E-state index contributed by atoms with van der Waals surface area (Å²) in [5.74, 6) is 2.70. The molecule has 0 unspecified atom stereocenters. The van der Waals surface area contributed by atoms with Gasteiger partial charge >= 0.3 is 0 Å². The predicted molar refractivity (Wildman–Crippen MR) is 144 cm³/mol. The van der Waals surface area contributed by atoms with E-state index in [0.29, 0.717) is 13.2 Å². The third kappa shape index (κ3) is 6.25. The molecule has 0 aliphatic rings. The first-order valence-electron chi connectivity index (χ1n) is 12.5. The van der Waals surface area contributed by atoms with Gasteiger partial charge in [-0.05, 0) is 64.8 Å². The van der Waals surface area contributed by atoms with Gasteiger partial charge in [0.1, 0.15) is 23.9 Å². The molecule has 1 aromatic heterocycles. The number of aryl methyl sites for hydroxylation is 1. The summed E-state index contributed by atoms with van der Waals surface area (Å²) < 4.78 is 14.4. The van der Waals surface area contributed by atoms with Crippen molar-refractivity contribution in [2.24, 2.45) is 0 Å². The van der Waals surface area contributed by atoms with Crippen molar-refractivity contribution in [2.75, 3.05) is 6.61 Å². The largest absolute Gasteiger partial charge is 0.494 e. The van der Waals surface area contributed by atoms with Crippen LogP contribution in [0.1, 0.15) is 64.9 Å². The fourth-order valence-corrected chi connectivity index (χ4v) is 4.15. The Balaban J connectivity index is 1.39. The van der Waals surface area contributed by atoms with Crippen LogP contribution < -0.4 is 9.47 Å². The van der Waals surface area contributed by atoms with Crippen LogP contribution in [-0.4, -0.2) is 16.2 Å². The Labute approximate surface area is 209 Å². The van der Waals surface area contributed by atoms with Gasteiger partial charge in [-0.1, -0.05) is 77.9 Å². The van der Waals surface area contributed by atoms with Gasteiger partial charge < -0.3 is 14.0 Å². The minimum absolute atomic E-state index is 0.128. The van der Waals surface area contributed by atoms with E-state index in [2.05, 4.69) is 101 Å². The third-order valence-electron chi connectivity index (χ3n) is 6.34. The number of imidazole rings is 1. The minimum atomic E-state index is 0.128. The lowest BCUT2D eigenvalue weighted by atomic mass is 9.87. The van der Waals surface area contributed by atoms with Crippen molar-refractivity contribution in [3.63, 3.8) is 0 Å². The van der Waals surface area contributed by atoms with E-state index in [-0.39, 0.29) is 10.8 Å². The van der Waals surface area contributed by atoms with E-state index in [1.54, 1.807) is 0 Å². The quantitative estimate of drug-likeness (QED) is 0.248. The zero-order chi connectivity index (χ0) is 25.1. The number of ether oxygens (including phenoxy) is 2. The molecule has 35 heavy (non-hydrogen) atoms. The molecule has 4 nitrogen and oxygen atoms in total. The van der Waals surface area contributed by atoms with E-state index in [4.69, 9.17) is 14.5 Å². The second kappa shape index (κ2) is 10.2. The molecule has 4 rings (SSSR count). The van der Waals surface area contributed by atoms with Gasteiger partial charge in [-0.25, -0.2) is 4.98 Å². The molecule has 0 amide bonds. The number of rotatable bonds is 8. The molecular weight excluding hydrogens is 432 g/mol. The molecule has 0 atom stereocenters. The molecule has 4 aromatic rings. The van der Waals surface area contributed by atoms with Crippen LogP contribution >= 0.6 is 0 Å². The molecule has 4 heteroatoms. The SMILES string of the molecule is CC(C)(C)c1ccc(OCCCn2c(COc3ccc(C(C)(C)C)cc3)nc3ccccc32)cc1. The van der Waals surface area contributed by atoms with Gasteiger partial charge in [-0.15, -0.1) is 0 Å². The first-order valence-corrected chi connectivity index (χ1v) is 12.5. The van der Waals surface area contributed by atoms with Crippen molar-refractivity contribution in [1.82, 2.24) is 9.55 Å². The second-order valence-corrected chi connectivity index (χ2v) is 11.2. The zero-order valence-electron chi connectivity index (χ0n) is 22.0. The van der Waals surface area contributed by atoms with Crippen LogP contribution in [0, 0.1) is 0 Å². The Hall–Kier alpha value is -3.27. The summed E-state index contributed by atoms with van der Waals surface area (Å²) in [6, 6.07) is 25.1. The van der Waals surface area contributed by atoms with Crippen molar-refractivity contribution >= 4 is 11.0 Å². The molecule has 0 aliphatic heterocycles. The third-order valence-corrected chi connectivity index (χ3v) is 6.34. The lowest BCUT2D eigenvalue weighted by Gasteiger charge is -2.19. The normalized spacial score (nSPS) is 12.2. The number of para-hydroxylation sites is 2. The molecule has 1 heterocycles. The molecule has 184 valence electrons. The zero-order valence-corrected chi connectivity index (χ0v) is 22.0. The summed E-state index contributed by atoms with van der Waals surface area (Å²) >= 11 is 0. The number of hydrogen-bond acceptors (Lipinski definition) is 3. The van der Waals surface area contributed by atoms with Crippen LogP contribution in [0.15, 0.2) is 72.8 Å². The molecule has 0 fully saturated rings. The smallest absolute Gasteiger partial charge is 0.147 e. The minimum Gasteiger partial charge on any atom is -0.494 e. The van der Waals surface area contributed by atoms with Crippen LogP contribution in [0.2, 0.25) is 0 Å². The van der Waals surface area contributed by atoms with E-state index < -0.39 is 0 Å². The van der Waals surface area contributed by atoms with Crippen molar-refractivity contribution in [3.8, 4) is 11.5 Å². The highest BCUT2D eigenvalue weighted by molar-refractivity contribution is 5.75. The maximum Gasteiger partial charge on any atom is 0.147 e. The molecule has 0 saturated carbocycles. The molecule has 0 aliphatic carbocycles. The maximum atomic E-state index is 6.13. The summed E-state index contributed by atoms with van der Waals surface area (Å²) in [4.78, 5) is 4.85. The van der Waals surface area contributed by atoms with Crippen molar-refractivity contribution < 1.29 is 9.47 Å². The van der Waals surface area contributed by atoms with Gasteiger partial charge in [-0.3, -0.25) is 0 Å². The first-order chi connectivity index (χ1) is 16.6.